The molecule has 0 spiro atoms. The molecule has 1 amide bonds. The molecule has 23 heavy (non-hydrogen) atoms. The molecule has 1 aromatic rings. The number of rotatable bonds is 5. The Hall–Kier alpha value is -2.05. The molecule has 4 nitrogen and oxygen atoms in total. The predicted molar refractivity (Wildman–Crippen MR) is 77.3 cm³/mol. The van der Waals surface area contributed by atoms with Gasteiger partial charge < -0.3 is 10.4 Å². The van der Waals surface area contributed by atoms with Gasteiger partial charge in [0, 0.05) is 6.42 Å². The van der Waals surface area contributed by atoms with E-state index in [1.807, 2.05) is 0 Å². The third kappa shape index (κ3) is 4.24. The summed E-state index contributed by atoms with van der Waals surface area (Å²) in [5, 5.41) is 11.3. The Labute approximate surface area is 131 Å². The summed E-state index contributed by atoms with van der Waals surface area (Å²) in [7, 11) is 0. The summed E-state index contributed by atoms with van der Waals surface area (Å²) in [5.41, 5.74) is -1.11. The van der Waals surface area contributed by atoms with Crippen molar-refractivity contribution < 1.29 is 27.9 Å². The van der Waals surface area contributed by atoms with Crippen LogP contribution in [0.2, 0.25) is 0 Å². The molecular weight excluding hydrogens is 311 g/mol. The van der Waals surface area contributed by atoms with Crippen LogP contribution in [0.15, 0.2) is 12.1 Å². The van der Waals surface area contributed by atoms with Gasteiger partial charge in [-0.3, -0.25) is 9.59 Å². The number of benzene rings is 1. The van der Waals surface area contributed by atoms with Gasteiger partial charge in [-0.05, 0) is 30.4 Å². The van der Waals surface area contributed by atoms with Crippen molar-refractivity contribution in [2.75, 3.05) is 5.32 Å². The molecule has 2 N–H and O–H groups in total. The van der Waals surface area contributed by atoms with Crippen LogP contribution in [0.5, 0.6) is 0 Å². The second-order valence-electron chi connectivity index (χ2n) is 6.08. The van der Waals surface area contributed by atoms with E-state index in [-0.39, 0.29) is 12.8 Å². The fourth-order valence-electron chi connectivity index (χ4n) is 3.20. The number of carboxylic acid groups (broad SMARTS) is 1. The fourth-order valence-corrected chi connectivity index (χ4v) is 3.20. The zero-order valence-corrected chi connectivity index (χ0v) is 12.5. The van der Waals surface area contributed by atoms with E-state index >= 15 is 0 Å². The molecule has 1 aliphatic rings. The number of carbonyl (C=O) groups is 2. The van der Waals surface area contributed by atoms with Crippen LogP contribution in [0.25, 0.3) is 0 Å². The minimum atomic E-state index is -1.65. The maximum atomic E-state index is 13.6. The molecule has 2 rings (SSSR count). The van der Waals surface area contributed by atoms with Crippen LogP contribution in [-0.4, -0.2) is 17.0 Å². The molecular formula is C16H18F3NO3. The van der Waals surface area contributed by atoms with Crippen LogP contribution < -0.4 is 5.32 Å². The molecule has 0 atom stereocenters. The van der Waals surface area contributed by atoms with E-state index in [2.05, 4.69) is 5.32 Å². The summed E-state index contributed by atoms with van der Waals surface area (Å²) in [6.07, 6.45) is 3.64. The molecule has 0 aliphatic heterocycles. The topological polar surface area (TPSA) is 66.4 Å². The summed E-state index contributed by atoms with van der Waals surface area (Å²) in [6, 6.07) is 1.66. The predicted octanol–water partition coefficient (Wildman–Crippen LogP) is 3.86. The smallest absolute Gasteiger partial charge is 0.303 e. The highest BCUT2D eigenvalue weighted by atomic mass is 19.2. The van der Waals surface area contributed by atoms with Gasteiger partial charge in [0.25, 0.3) is 0 Å². The first kappa shape index (κ1) is 17.3. The zero-order valence-electron chi connectivity index (χ0n) is 12.5. The Bertz CT molecular complexity index is 613. The molecule has 1 aliphatic carbocycles. The average molecular weight is 329 g/mol. The molecule has 1 fully saturated rings. The maximum Gasteiger partial charge on any atom is 0.303 e. The number of halogens is 3. The number of carbonyl (C=O) groups excluding carboxylic acids is 1. The normalized spacial score (nSPS) is 16.8. The molecule has 0 saturated heterocycles. The lowest BCUT2D eigenvalue weighted by Gasteiger charge is -2.35. The van der Waals surface area contributed by atoms with Gasteiger partial charge in [-0.25, -0.2) is 13.2 Å². The van der Waals surface area contributed by atoms with Gasteiger partial charge in [0.05, 0.1) is 12.1 Å². The number of nitrogens with one attached hydrogen (secondary N) is 1. The van der Waals surface area contributed by atoms with Crippen LogP contribution in [0, 0.1) is 22.9 Å². The summed E-state index contributed by atoms with van der Waals surface area (Å²) in [5.74, 6) is -6.04. The number of hydrogen-bond donors (Lipinski definition) is 2. The molecule has 1 aromatic carbocycles. The molecule has 0 aromatic heterocycles. The first-order valence-corrected chi connectivity index (χ1v) is 7.48. The lowest BCUT2D eigenvalue weighted by atomic mass is 9.69. The number of amides is 1. The van der Waals surface area contributed by atoms with Gasteiger partial charge in [0.15, 0.2) is 17.5 Å². The van der Waals surface area contributed by atoms with Crippen molar-refractivity contribution in [1.29, 1.82) is 0 Å². The summed E-state index contributed by atoms with van der Waals surface area (Å²) in [4.78, 5) is 23.2. The number of carboxylic acids is 1. The van der Waals surface area contributed by atoms with Crippen LogP contribution in [0.3, 0.4) is 0 Å². The summed E-state index contributed by atoms with van der Waals surface area (Å²) in [6.45, 7) is 0. The SMILES string of the molecule is O=C(O)CC1(CC(=O)Nc2ccc(F)c(F)c2F)CCCCC1. The second kappa shape index (κ2) is 7.02. The maximum absolute atomic E-state index is 13.6. The van der Waals surface area contributed by atoms with E-state index in [0.29, 0.717) is 12.8 Å². The van der Waals surface area contributed by atoms with Crippen molar-refractivity contribution in [1.82, 2.24) is 0 Å². The first-order chi connectivity index (χ1) is 10.8. The highest BCUT2D eigenvalue weighted by molar-refractivity contribution is 5.91. The Balaban J connectivity index is 2.10. The van der Waals surface area contributed by atoms with Crippen molar-refractivity contribution in [3.8, 4) is 0 Å². The van der Waals surface area contributed by atoms with E-state index in [4.69, 9.17) is 5.11 Å². The average Bonchev–Trinajstić information content (AvgIpc) is 2.48. The third-order valence-corrected chi connectivity index (χ3v) is 4.29. The van der Waals surface area contributed by atoms with Crippen molar-refractivity contribution in [2.24, 2.45) is 5.41 Å². The van der Waals surface area contributed by atoms with Crippen molar-refractivity contribution in [3.63, 3.8) is 0 Å². The number of hydrogen-bond acceptors (Lipinski definition) is 2. The Morgan fingerprint density at radius 1 is 1.04 bits per heavy atom. The van der Waals surface area contributed by atoms with Crippen molar-refractivity contribution in [3.05, 3.63) is 29.6 Å². The Kier molecular flexibility index (Phi) is 5.28. The van der Waals surface area contributed by atoms with E-state index < -0.39 is 40.4 Å². The number of aliphatic carboxylic acids is 1. The third-order valence-electron chi connectivity index (χ3n) is 4.29. The molecule has 0 heterocycles. The van der Waals surface area contributed by atoms with Gasteiger partial charge >= 0.3 is 5.97 Å². The standard InChI is InChI=1S/C16H18F3NO3/c17-10-4-5-11(15(19)14(10)18)20-12(21)8-16(9-13(22)23)6-2-1-3-7-16/h4-5H,1-3,6-9H2,(H,20,21)(H,22,23). The molecule has 126 valence electrons. The van der Waals surface area contributed by atoms with E-state index in [1.54, 1.807) is 0 Å². The van der Waals surface area contributed by atoms with E-state index in [1.165, 1.54) is 0 Å². The Morgan fingerprint density at radius 2 is 1.70 bits per heavy atom. The molecule has 0 unspecified atom stereocenters. The van der Waals surface area contributed by atoms with E-state index in [0.717, 1.165) is 31.4 Å². The molecule has 0 radical (unpaired) electrons. The highest BCUT2D eigenvalue weighted by Gasteiger charge is 2.36. The van der Waals surface area contributed by atoms with Crippen molar-refractivity contribution >= 4 is 17.6 Å². The van der Waals surface area contributed by atoms with Crippen LogP contribution >= 0.6 is 0 Å². The van der Waals surface area contributed by atoms with Gasteiger partial charge in [0.1, 0.15) is 0 Å². The van der Waals surface area contributed by atoms with Gasteiger partial charge in [-0.15, -0.1) is 0 Å². The van der Waals surface area contributed by atoms with Gasteiger partial charge in [-0.2, -0.15) is 0 Å². The Morgan fingerprint density at radius 3 is 2.30 bits per heavy atom. The first-order valence-electron chi connectivity index (χ1n) is 7.48. The van der Waals surface area contributed by atoms with Gasteiger partial charge in [-0.1, -0.05) is 19.3 Å². The van der Waals surface area contributed by atoms with E-state index in [9.17, 15) is 22.8 Å². The minimum absolute atomic E-state index is 0.0856. The lowest BCUT2D eigenvalue weighted by Crippen LogP contribution is -2.32. The summed E-state index contributed by atoms with van der Waals surface area (Å²) < 4.78 is 39.6. The monoisotopic (exact) mass is 329 g/mol. The van der Waals surface area contributed by atoms with Crippen LogP contribution in [0.4, 0.5) is 18.9 Å². The largest absolute Gasteiger partial charge is 0.481 e. The van der Waals surface area contributed by atoms with Crippen LogP contribution in [-0.2, 0) is 9.59 Å². The fraction of sp³-hybridized carbons (Fsp3) is 0.500. The highest BCUT2D eigenvalue weighted by Crippen LogP contribution is 2.42. The lowest BCUT2D eigenvalue weighted by molar-refractivity contribution is -0.140. The molecule has 1 saturated carbocycles. The van der Waals surface area contributed by atoms with Crippen molar-refractivity contribution in [2.45, 2.75) is 44.9 Å². The quantitative estimate of drug-likeness (QED) is 0.806. The van der Waals surface area contributed by atoms with Crippen LogP contribution in [0.1, 0.15) is 44.9 Å². The minimum Gasteiger partial charge on any atom is -0.481 e. The summed E-state index contributed by atoms with van der Waals surface area (Å²) >= 11 is 0. The zero-order chi connectivity index (χ0) is 17.0. The number of anilines is 1. The van der Waals surface area contributed by atoms with Gasteiger partial charge in [0.2, 0.25) is 5.91 Å². The second-order valence-corrected chi connectivity index (χ2v) is 6.08. The molecule has 0 bridgehead atoms. The molecule has 7 heteroatoms.